The van der Waals surface area contributed by atoms with E-state index in [0.717, 1.165) is 10.6 Å². The number of hydrogen-bond acceptors (Lipinski definition) is 7. The molecule has 1 aliphatic rings. The molecule has 0 unspecified atom stereocenters. The lowest BCUT2D eigenvalue weighted by molar-refractivity contribution is 0.107. The lowest BCUT2D eigenvalue weighted by atomic mass is 10.1. The Bertz CT molecular complexity index is 1100. The summed E-state index contributed by atoms with van der Waals surface area (Å²) in [5, 5.41) is 13.0. The Morgan fingerprint density at radius 3 is 2.46 bits per heavy atom. The van der Waals surface area contributed by atoms with E-state index in [9.17, 15) is 4.79 Å². The lowest BCUT2D eigenvalue weighted by Crippen LogP contribution is -2.40. The van der Waals surface area contributed by atoms with Crippen molar-refractivity contribution in [2.24, 2.45) is 5.16 Å². The second kappa shape index (κ2) is 12.0. The fourth-order valence-corrected chi connectivity index (χ4v) is 4.43. The van der Waals surface area contributed by atoms with Gasteiger partial charge in [0.05, 0.1) is 18.9 Å². The molecule has 0 bridgehead atoms. The van der Waals surface area contributed by atoms with Gasteiger partial charge in [-0.3, -0.25) is 0 Å². The van der Waals surface area contributed by atoms with Crippen LogP contribution >= 0.6 is 0 Å². The van der Waals surface area contributed by atoms with E-state index in [4.69, 9.17) is 14.4 Å². The summed E-state index contributed by atoms with van der Waals surface area (Å²) < 4.78 is 21.6. The fraction of sp³-hybridized carbons (Fsp3) is 0.538. The lowest BCUT2D eigenvalue weighted by Gasteiger charge is -2.36. The molecule has 1 amide bonds. The van der Waals surface area contributed by atoms with Gasteiger partial charge in [-0.15, -0.1) is 0 Å². The minimum atomic E-state index is -1.99. The molecule has 0 aliphatic carbocycles. The third kappa shape index (κ3) is 7.48. The first-order chi connectivity index (χ1) is 17.4. The average Bonchev–Trinajstić information content (AvgIpc) is 2.85. The maximum atomic E-state index is 15.4. The summed E-state index contributed by atoms with van der Waals surface area (Å²) in [5.41, 5.74) is 2.53. The molecule has 0 radical (unpaired) electrons. The van der Waals surface area contributed by atoms with Gasteiger partial charge in [-0.1, -0.05) is 44.1 Å². The molecule has 3 rings (SSSR count). The van der Waals surface area contributed by atoms with Crippen LogP contribution in [-0.2, 0) is 15.9 Å². The number of amides is 1. The van der Waals surface area contributed by atoms with E-state index >= 15 is 4.39 Å². The van der Waals surface area contributed by atoms with Crippen LogP contribution in [0.25, 0.3) is 11.1 Å². The highest BCUT2D eigenvalue weighted by molar-refractivity contribution is 6.74. The summed E-state index contributed by atoms with van der Waals surface area (Å²) in [6.07, 6.45) is 3.72. The van der Waals surface area contributed by atoms with Crippen LogP contribution in [0.3, 0.4) is 0 Å². The van der Waals surface area contributed by atoms with E-state index in [1.165, 1.54) is 7.05 Å². The predicted molar refractivity (Wildman–Crippen MR) is 145 cm³/mol. The van der Waals surface area contributed by atoms with E-state index < -0.39 is 14.4 Å². The normalized spacial score (nSPS) is 14.5. The summed E-state index contributed by atoms with van der Waals surface area (Å²) in [6.45, 7) is 12.9. The summed E-state index contributed by atoms with van der Waals surface area (Å²) in [6, 6.07) is 5.34. The quantitative estimate of drug-likeness (QED) is 0.263. The number of carbonyl (C=O) groups is 1. The van der Waals surface area contributed by atoms with Crippen molar-refractivity contribution in [1.82, 2.24) is 14.9 Å². The van der Waals surface area contributed by atoms with Crippen LogP contribution in [0.15, 0.2) is 35.7 Å². The van der Waals surface area contributed by atoms with Crippen LogP contribution in [-0.4, -0.2) is 73.4 Å². The molecular formula is C26H38FN5O4Si. The summed E-state index contributed by atoms with van der Waals surface area (Å²) >= 11 is 0. The monoisotopic (exact) mass is 531 g/mol. The minimum Gasteiger partial charge on any atom is -0.465 e. The van der Waals surface area contributed by atoms with E-state index in [1.807, 2.05) is 6.07 Å². The maximum absolute atomic E-state index is 15.4. The van der Waals surface area contributed by atoms with Crippen molar-refractivity contribution in [2.45, 2.75) is 58.4 Å². The highest BCUT2D eigenvalue weighted by Crippen LogP contribution is 2.37. The molecule has 0 saturated carbocycles. The number of aromatic nitrogens is 2. The van der Waals surface area contributed by atoms with Gasteiger partial charge in [-0.05, 0) is 18.1 Å². The van der Waals surface area contributed by atoms with E-state index in [2.05, 4.69) is 53.9 Å². The highest BCUT2D eigenvalue weighted by Gasteiger charge is 2.37. The van der Waals surface area contributed by atoms with Gasteiger partial charge >= 0.3 is 6.09 Å². The van der Waals surface area contributed by atoms with Crippen molar-refractivity contribution >= 4 is 26.1 Å². The second-order valence-electron chi connectivity index (χ2n) is 10.8. The fourth-order valence-electron chi connectivity index (χ4n) is 3.48. The zero-order chi connectivity index (χ0) is 27.2. The van der Waals surface area contributed by atoms with Crippen LogP contribution < -0.4 is 4.90 Å². The molecule has 0 atom stereocenters. The smallest absolute Gasteiger partial charge is 0.407 e. The van der Waals surface area contributed by atoms with E-state index in [-0.39, 0.29) is 30.6 Å². The Hall–Kier alpha value is -3.05. The molecule has 202 valence electrons. The van der Waals surface area contributed by atoms with Gasteiger partial charge in [0.1, 0.15) is 12.4 Å². The Balaban J connectivity index is 1.58. The van der Waals surface area contributed by atoms with Crippen molar-refractivity contribution < 1.29 is 23.6 Å². The van der Waals surface area contributed by atoms with Crippen molar-refractivity contribution in [3.05, 3.63) is 42.0 Å². The van der Waals surface area contributed by atoms with Crippen molar-refractivity contribution in [3.8, 4) is 11.1 Å². The molecule has 1 aromatic carbocycles. The first-order valence-corrected chi connectivity index (χ1v) is 15.4. The number of nitrogens with zero attached hydrogens (tertiary/aromatic N) is 5. The van der Waals surface area contributed by atoms with Crippen LogP contribution in [0.4, 0.5) is 15.1 Å². The van der Waals surface area contributed by atoms with Crippen molar-refractivity contribution in [1.29, 1.82) is 0 Å². The summed E-state index contributed by atoms with van der Waals surface area (Å²) in [7, 11) is -0.509. The molecule has 1 aliphatic heterocycles. The number of benzene rings is 1. The van der Waals surface area contributed by atoms with E-state index in [0.29, 0.717) is 48.6 Å². The number of carboxylic acid groups (broad SMARTS) is 1. The highest BCUT2D eigenvalue weighted by atomic mass is 28.4. The Kier molecular flexibility index (Phi) is 9.24. The Morgan fingerprint density at radius 1 is 1.22 bits per heavy atom. The maximum Gasteiger partial charge on any atom is 0.407 e. The first-order valence-electron chi connectivity index (χ1n) is 12.5. The molecule has 1 fully saturated rings. The van der Waals surface area contributed by atoms with Crippen LogP contribution in [0.2, 0.25) is 18.1 Å². The third-order valence-corrected chi connectivity index (χ3v) is 11.6. The van der Waals surface area contributed by atoms with Crippen molar-refractivity contribution in [2.75, 3.05) is 38.2 Å². The first kappa shape index (κ1) is 28.5. The van der Waals surface area contributed by atoms with Gasteiger partial charge in [-0.2, -0.15) is 0 Å². The van der Waals surface area contributed by atoms with Gasteiger partial charge < -0.3 is 24.2 Å². The molecule has 2 aromatic rings. The Labute approximate surface area is 219 Å². The average molecular weight is 532 g/mol. The van der Waals surface area contributed by atoms with Gasteiger partial charge in [0.25, 0.3) is 0 Å². The van der Waals surface area contributed by atoms with Crippen LogP contribution in [0, 0.1) is 5.82 Å². The SMILES string of the molecule is CN(CCON=C1CCN(c2ncc(-c3cccc(CO[Si](C)(C)C(C)(C)C)c3F)cn2)CC1)C(=O)O. The standard InChI is InChI=1S/C26H38FN5O4Si/c1-26(2,3)37(5,6)36-18-19-8-7-9-22(23(19)27)20-16-28-24(29-17-20)32-12-10-21(11-13-32)30-35-15-14-31(4)25(33)34/h7-9,16-17H,10-15,18H2,1-6H3,(H,33,34). The molecule has 1 N–H and O–H groups in total. The van der Waals surface area contributed by atoms with Crippen LogP contribution in [0.1, 0.15) is 39.2 Å². The molecule has 0 spiro atoms. The zero-order valence-corrected chi connectivity index (χ0v) is 23.6. The summed E-state index contributed by atoms with van der Waals surface area (Å²) in [5.74, 6) is 0.288. The molecule has 11 heteroatoms. The van der Waals surface area contributed by atoms with Gasteiger partial charge in [0.2, 0.25) is 5.95 Å². The number of oxime groups is 1. The number of hydrogen-bond donors (Lipinski definition) is 1. The zero-order valence-electron chi connectivity index (χ0n) is 22.6. The largest absolute Gasteiger partial charge is 0.465 e. The van der Waals surface area contributed by atoms with Gasteiger partial charge in [0, 0.05) is 62.1 Å². The molecule has 1 saturated heterocycles. The number of rotatable bonds is 9. The molecule has 37 heavy (non-hydrogen) atoms. The van der Waals surface area contributed by atoms with Gasteiger partial charge in [-0.25, -0.2) is 19.2 Å². The Morgan fingerprint density at radius 2 is 1.86 bits per heavy atom. The van der Waals surface area contributed by atoms with Crippen molar-refractivity contribution in [3.63, 3.8) is 0 Å². The van der Waals surface area contributed by atoms with Gasteiger partial charge in [0.15, 0.2) is 8.32 Å². The predicted octanol–water partition coefficient (Wildman–Crippen LogP) is 5.39. The van der Waals surface area contributed by atoms with Crippen LogP contribution in [0.5, 0.6) is 0 Å². The number of likely N-dealkylation sites (N-methyl/N-ethyl adjacent to an activating group) is 1. The third-order valence-electron chi connectivity index (χ3n) is 7.08. The molecule has 9 nitrogen and oxygen atoms in total. The number of piperidine rings is 1. The minimum absolute atomic E-state index is 0.0534. The van der Waals surface area contributed by atoms with E-state index in [1.54, 1.807) is 24.5 Å². The number of anilines is 1. The topological polar surface area (TPSA) is 100 Å². The molecule has 2 heterocycles. The molecular weight excluding hydrogens is 493 g/mol. The summed E-state index contributed by atoms with van der Waals surface area (Å²) in [4.78, 5) is 28.2. The number of halogens is 1. The molecule has 1 aromatic heterocycles. The second-order valence-corrected chi connectivity index (χ2v) is 15.6.